The number of benzene rings is 1. The van der Waals surface area contributed by atoms with E-state index >= 15 is 0 Å². The van der Waals surface area contributed by atoms with E-state index in [1.54, 1.807) is 23.1 Å². The topological polar surface area (TPSA) is 83.6 Å². The van der Waals surface area contributed by atoms with Crippen LogP contribution in [-0.4, -0.2) is 28.4 Å². The number of carbonyl (C=O) groups excluding carboxylic acids is 1. The Balaban J connectivity index is 2.29. The number of nitrogens with zero attached hydrogens (tertiary/aromatic N) is 1. The lowest BCUT2D eigenvalue weighted by atomic mass is 10.1. The van der Waals surface area contributed by atoms with E-state index in [9.17, 15) is 9.59 Å². The van der Waals surface area contributed by atoms with E-state index in [1.807, 2.05) is 0 Å². The van der Waals surface area contributed by atoms with Crippen molar-refractivity contribution in [3.63, 3.8) is 0 Å². The molecule has 90 valence electrons. The smallest absolute Gasteiger partial charge is 0.338 e. The fourth-order valence-corrected chi connectivity index (χ4v) is 2.09. The molecule has 1 fully saturated rings. The number of carbonyl (C=O) groups is 2. The Morgan fingerprint density at radius 1 is 1.47 bits per heavy atom. The van der Waals surface area contributed by atoms with Crippen molar-refractivity contribution in [2.75, 3.05) is 12.3 Å². The molecule has 3 N–H and O–H groups in total. The molecule has 0 saturated carbocycles. The fraction of sp³-hybridized carbons (Fsp3) is 0.333. The number of hydrogen-bond donors (Lipinski definition) is 2. The normalized spacial score (nSPS) is 15.3. The first kappa shape index (κ1) is 11.4. The number of carboxylic acids is 1. The lowest BCUT2D eigenvalue weighted by molar-refractivity contribution is -0.128. The number of carboxylic acid groups (broad SMARTS) is 1. The molecular formula is C12H14N2O3. The lowest BCUT2D eigenvalue weighted by Gasteiger charge is -2.17. The molecule has 5 nitrogen and oxygen atoms in total. The zero-order chi connectivity index (χ0) is 12.4. The summed E-state index contributed by atoms with van der Waals surface area (Å²) >= 11 is 0. The van der Waals surface area contributed by atoms with Gasteiger partial charge in [0.05, 0.1) is 5.56 Å². The maximum absolute atomic E-state index is 11.5. The van der Waals surface area contributed by atoms with Crippen molar-refractivity contribution in [1.82, 2.24) is 4.90 Å². The van der Waals surface area contributed by atoms with Crippen LogP contribution in [0.4, 0.5) is 5.69 Å². The van der Waals surface area contributed by atoms with Crippen LogP contribution in [0.15, 0.2) is 18.2 Å². The van der Waals surface area contributed by atoms with Gasteiger partial charge in [-0.1, -0.05) is 12.1 Å². The van der Waals surface area contributed by atoms with Gasteiger partial charge in [-0.15, -0.1) is 0 Å². The first-order valence-electron chi connectivity index (χ1n) is 5.48. The standard InChI is InChI=1S/C12H14N2O3/c13-9-4-1-3-8(11(9)12(16)17)7-14-6-2-5-10(14)15/h1,3-4H,2,5-7,13H2,(H,16,17). The SMILES string of the molecule is Nc1cccc(CN2CCCC2=O)c1C(=O)O. The first-order valence-corrected chi connectivity index (χ1v) is 5.48. The van der Waals surface area contributed by atoms with Crippen LogP contribution in [0.1, 0.15) is 28.8 Å². The molecule has 0 bridgehead atoms. The molecule has 0 spiro atoms. The Morgan fingerprint density at radius 3 is 2.82 bits per heavy atom. The van der Waals surface area contributed by atoms with Gasteiger partial charge in [0.2, 0.25) is 5.91 Å². The van der Waals surface area contributed by atoms with E-state index in [2.05, 4.69) is 0 Å². The molecule has 5 heteroatoms. The van der Waals surface area contributed by atoms with Gasteiger partial charge in [0, 0.05) is 25.2 Å². The molecule has 1 aliphatic rings. The third-order valence-corrected chi connectivity index (χ3v) is 2.93. The monoisotopic (exact) mass is 234 g/mol. The number of aromatic carboxylic acids is 1. The zero-order valence-corrected chi connectivity index (χ0v) is 9.35. The molecule has 0 unspecified atom stereocenters. The van der Waals surface area contributed by atoms with Gasteiger partial charge in [-0.2, -0.15) is 0 Å². The molecule has 0 atom stereocenters. The molecule has 0 aliphatic carbocycles. The number of nitrogen functional groups attached to an aromatic ring is 1. The second-order valence-corrected chi connectivity index (χ2v) is 4.11. The van der Waals surface area contributed by atoms with Crippen LogP contribution >= 0.6 is 0 Å². The minimum absolute atomic E-state index is 0.0729. The summed E-state index contributed by atoms with van der Waals surface area (Å²) in [5, 5.41) is 9.10. The predicted octanol–water partition coefficient (Wildman–Crippen LogP) is 1.09. The van der Waals surface area contributed by atoms with Gasteiger partial charge in [-0.3, -0.25) is 4.79 Å². The lowest BCUT2D eigenvalue weighted by Crippen LogP contribution is -2.25. The van der Waals surface area contributed by atoms with Crippen molar-refractivity contribution in [2.24, 2.45) is 0 Å². The third kappa shape index (κ3) is 2.22. The Hall–Kier alpha value is -2.04. The molecule has 1 saturated heterocycles. The van der Waals surface area contributed by atoms with E-state index in [0.717, 1.165) is 6.42 Å². The average molecular weight is 234 g/mol. The van der Waals surface area contributed by atoms with Crippen molar-refractivity contribution in [1.29, 1.82) is 0 Å². The van der Waals surface area contributed by atoms with Crippen molar-refractivity contribution in [3.05, 3.63) is 29.3 Å². The van der Waals surface area contributed by atoms with Gasteiger partial charge in [0.25, 0.3) is 0 Å². The van der Waals surface area contributed by atoms with Crippen LogP contribution in [0.2, 0.25) is 0 Å². The molecule has 1 aliphatic heterocycles. The van der Waals surface area contributed by atoms with Crippen LogP contribution < -0.4 is 5.73 Å². The van der Waals surface area contributed by atoms with Crippen molar-refractivity contribution in [2.45, 2.75) is 19.4 Å². The van der Waals surface area contributed by atoms with E-state index in [4.69, 9.17) is 10.8 Å². The number of hydrogen-bond acceptors (Lipinski definition) is 3. The molecule has 1 amide bonds. The molecular weight excluding hydrogens is 220 g/mol. The van der Waals surface area contributed by atoms with Crippen molar-refractivity contribution in [3.8, 4) is 0 Å². The summed E-state index contributed by atoms with van der Waals surface area (Å²) in [6, 6.07) is 4.96. The highest BCUT2D eigenvalue weighted by Crippen LogP contribution is 2.21. The van der Waals surface area contributed by atoms with Gasteiger partial charge in [-0.05, 0) is 18.1 Å². The summed E-state index contributed by atoms with van der Waals surface area (Å²) in [6.07, 6.45) is 1.38. The van der Waals surface area contributed by atoms with Crippen molar-refractivity contribution < 1.29 is 14.7 Å². The summed E-state index contributed by atoms with van der Waals surface area (Å²) in [6.45, 7) is 1.01. The first-order chi connectivity index (χ1) is 8.09. The van der Waals surface area contributed by atoms with Gasteiger partial charge < -0.3 is 15.7 Å². The Morgan fingerprint density at radius 2 is 2.24 bits per heavy atom. The number of amides is 1. The molecule has 1 aromatic carbocycles. The Kier molecular flexibility index (Phi) is 2.99. The third-order valence-electron chi connectivity index (χ3n) is 2.93. The number of nitrogens with two attached hydrogens (primary N) is 1. The van der Waals surface area contributed by atoms with Crippen LogP contribution in [-0.2, 0) is 11.3 Å². The van der Waals surface area contributed by atoms with Crippen LogP contribution in [0.3, 0.4) is 0 Å². The largest absolute Gasteiger partial charge is 0.478 e. The van der Waals surface area contributed by atoms with Gasteiger partial charge in [0.1, 0.15) is 0 Å². The Labute approximate surface area is 98.8 Å². The van der Waals surface area contributed by atoms with Gasteiger partial charge >= 0.3 is 5.97 Å². The average Bonchev–Trinajstić information content (AvgIpc) is 2.64. The highest BCUT2D eigenvalue weighted by molar-refractivity contribution is 5.95. The van der Waals surface area contributed by atoms with Crippen LogP contribution in [0, 0.1) is 0 Å². The summed E-state index contributed by atoms with van der Waals surface area (Å²) in [7, 11) is 0. The molecule has 0 aromatic heterocycles. The summed E-state index contributed by atoms with van der Waals surface area (Å²) < 4.78 is 0. The summed E-state index contributed by atoms with van der Waals surface area (Å²) in [5.74, 6) is -0.978. The number of rotatable bonds is 3. The summed E-state index contributed by atoms with van der Waals surface area (Å²) in [4.78, 5) is 24.3. The van der Waals surface area contributed by atoms with Crippen molar-refractivity contribution >= 4 is 17.6 Å². The highest BCUT2D eigenvalue weighted by atomic mass is 16.4. The zero-order valence-electron chi connectivity index (χ0n) is 9.35. The van der Waals surface area contributed by atoms with E-state index in [-0.39, 0.29) is 17.2 Å². The number of likely N-dealkylation sites (tertiary alicyclic amines) is 1. The molecule has 1 heterocycles. The van der Waals surface area contributed by atoms with E-state index in [1.165, 1.54) is 0 Å². The second-order valence-electron chi connectivity index (χ2n) is 4.11. The minimum atomic E-state index is -1.05. The molecule has 1 aromatic rings. The maximum atomic E-state index is 11.5. The predicted molar refractivity (Wildman–Crippen MR) is 62.5 cm³/mol. The molecule has 0 radical (unpaired) electrons. The molecule has 2 rings (SSSR count). The van der Waals surface area contributed by atoms with Crippen LogP contribution in [0.25, 0.3) is 0 Å². The minimum Gasteiger partial charge on any atom is -0.478 e. The van der Waals surface area contributed by atoms with E-state index in [0.29, 0.717) is 25.1 Å². The van der Waals surface area contributed by atoms with Crippen LogP contribution in [0.5, 0.6) is 0 Å². The van der Waals surface area contributed by atoms with Gasteiger partial charge in [0.15, 0.2) is 0 Å². The van der Waals surface area contributed by atoms with E-state index < -0.39 is 5.97 Å². The second kappa shape index (κ2) is 4.45. The molecule has 17 heavy (non-hydrogen) atoms. The fourth-order valence-electron chi connectivity index (χ4n) is 2.09. The number of anilines is 1. The Bertz CT molecular complexity index is 471. The van der Waals surface area contributed by atoms with Gasteiger partial charge in [-0.25, -0.2) is 4.79 Å². The quantitative estimate of drug-likeness (QED) is 0.767. The highest BCUT2D eigenvalue weighted by Gasteiger charge is 2.22. The summed E-state index contributed by atoms with van der Waals surface area (Å²) in [5.41, 5.74) is 6.58. The maximum Gasteiger partial charge on any atom is 0.338 e.